The molecule has 7 heteroatoms. The van der Waals surface area contributed by atoms with Crippen LogP contribution in [-0.4, -0.2) is 24.9 Å². The SMILES string of the molecule is O=C(C[NH2+]CCc1ccccc1)Nc1sc2c(c1C(=O)Nc1ccc(Br)cc1)CCCC2. The van der Waals surface area contributed by atoms with Crippen LogP contribution in [0.25, 0.3) is 0 Å². The fraction of sp³-hybridized carbons (Fsp3) is 0.280. The van der Waals surface area contributed by atoms with Crippen LogP contribution in [0.4, 0.5) is 10.7 Å². The van der Waals surface area contributed by atoms with E-state index in [1.54, 1.807) is 11.3 Å². The van der Waals surface area contributed by atoms with Gasteiger partial charge in [-0.1, -0.05) is 46.3 Å². The zero-order valence-corrected chi connectivity index (χ0v) is 20.2. The van der Waals surface area contributed by atoms with Crippen molar-refractivity contribution in [3.63, 3.8) is 0 Å². The number of benzene rings is 2. The lowest BCUT2D eigenvalue weighted by Gasteiger charge is -2.13. The van der Waals surface area contributed by atoms with Gasteiger partial charge in [0.1, 0.15) is 5.00 Å². The largest absolute Gasteiger partial charge is 0.338 e. The van der Waals surface area contributed by atoms with E-state index in [1.165, 1.54) is 10.4 Å². The monoisotopic (exact) mass is 512 g/mol. The van der Waals surface area contributed by atoms with Crippen molar-refractivity contribution in [3.8, 4) is 0 Å². The maximum Gasteiger partial charge on any atom is 0.280 e. The molecular weight excluding hydrogens is 486 g/mol. The molecule has 2 amide bonds. The number of halogens is 1. The van der Waals surface area contributed by atoms with Gasteiger partial charge in [0.2, 0.25) is 0 Å². The molecule has 1 aromatic heterocycles. The van der Waals surface area contributed by atoms with Crippen molar-refractivity contribution < 1.29 is 14.9 Å². The fourth-order valence-corrected chi connectivity index (χ4v) is 5.51. The Kier molecular flexibility index (Phi) is 7.73. The Morgan fingerprint density at radius 3 is 2.50 bits per heavy atom. The highest BCUT2D eigenvalue weighted by Crippen LogP contribution is 2.38. The van der Waals surface area contributed by atoms with E-state index in [9.17, 15) is 9.59 Å². The lowest BCUT2D eigenvalue weighted by Crippen LogP contribution is -2.86. The molecule has 0 radical (unpaired) electrons. The van der Waals surface area contributed by atoms with Gasteiger partial charge in [-0.05, 0) is 61.1 Å². The van der Waals surface area contributed by atoms with Crippen LogP contribution in [0.5, 0.6) is 0 Å². The van der Waals surface area contributed by atoms with Crippen LogP contribution in [0.1, 0.15) is 39.2 Å². The molecule has 0 bridgehead atoms. The van der Waals surface area contributed by atoms with Crippen LogP contribution in [-0.2, 0) is 24.1 Å². The number of amides is 2. The summed E-state index contributed by atoms with van der Waals surface area (Å²) in [6.07, 6.45) is 4.97. The minimum Gasteiger partial charge on any atom is -0.338 e. The van der Waals surface area contributed by atoms with Crippen molar-refractivity contribution in [2.45, 2.75) is 32.1 Å². The number of carbonyl (C=O) groups is 2. The molecule has 0 saturated carbocycles. The maximum atomic E-state index is 13.2. The van der Waals surface area contributed by atoms with Gasteiger partial charge in [0.15, 0.2) is 6.54 Å². The summed E-state index contributed by atoms with van der Waals surface area (Å²) in [6, 6.07) is 17.8. The van der Waals surface area contributed by atoms with Crippen molar-refractivity contribution in [1.82, 2.24) is 0 Å². The van der Waals surface area contributed by atoms with Gasteiger partial charge < -0.3 is 16.0 Å². The minimum atomic E-state index is -0.157. The number of hydrogen-bond donors (Lipinski definition) is 3. The third-order valence-corrected chi connectivity index (χ3v) is 7.30. The average molecular weight is 513 g/mol. The van der Waals surface area contributed by atoms with Gasteiger partial charge in [0.25, 0.3) is 11.8 Å². The lowest BCUT2D eigenvalue weighted by molar-refractivity contribution is -0.643. The molecule has 1 aliphatic rings. The quantitative estimate of drug-likeness (QED) is 0.391. The molecule has 4 N–H and O–H groups in total. The van der Waals surface area contributed by atoms with Crippen LogP contribution in [0.15, 0.2) is 59.1 Å². The zero-order valence-electron chi connectivity index (χ0n) is 17.8. The number of aryl methyl sites for hydroxylation is 1. The molecule has 5 nitrogen and oxygen atoms in total. The first-order valence-corrected chi connectivity index (χ1v) is 12.6. The Morgan fingerprint density at radius 2 is 1.72 bits per heavy atom. The highest BCUT2D eigenvalue weighted by atomic mass is 79.9. The summed E-state index contributed by atoms with van der Waals surface area (Å²) < 4.78 is 0.958. The summed E-state index contributed by atoms with van der Waals surface area (Å²) in [6.45, 7) is 1.18. The van der Waals surface area contributed by atoms with E-state index < -0.39 is 0 Å². The highest BCUT2D eigenvalue weighted by molar-refractivity contribution is 9.10. The zero-order chi connectivity index (χ0) is 22.3. The first kappa shape index (κ1) is 22.7. The van der Waals surface area contributed by atoms with Crippen molar-refractivity contribution in [2.75, 3.05) is 23.7 Å². The second-order valence-corrected chi connectivity index (χ2v) is 9.96. The highest BCUT2D eigenvalue weighted by Gasteiger charge is 2.26. The van der Waals surface area contributed by atoms with Gasteiger partial charge in [-0.3, -0.25) is 9.59 Å². The van der Waals surface area contributed by atoms with E-state index in [-0.39, 0.29) is 11.8 Å². The second kappa shape index (κ2) is 10.9. The van der Waals surface area contributed by atoms with Crippen molar-refractivity contribution in [1.29, 1.82) is 0 Å². The van der Waals surface area contributed by atoms with Gasteiger partial charge in [-0.25, -0.2) is 0 Å². The van der Waals surface area contributed by atoms with E-state index in [4.69, 9.17) is 0 Å². The molecule has 0 atom stereocenters. The van der Waals surface area contributed by atoms with Crippen molar-refractivity contribution in [2.24, 2.45) is 0 Å². The van der Waals surface area contributed by atoms with E-state index in [1.807, 2.05) is 47.8 Å². The smallest absolute Gasteiger partial charge is 0.280 e. The minimum absolute atomic E-state index is 0.0747. The van der Waals surface area contributed by atoms with E-state index in [0.29, 0.717) is 17.1 Å². The Hall–Kier alpha value is -2.48. The van der Waals surface area contributed by atoms with Crippen molar-refractivity contribution in [3.05, 3.63) is 80.6 Å². The number of thiophene rings is 1. The number of quaternary nitrogens is 1. The van der Waals surface area contributed by atoms with Crippen LogP contribution in [0.2, 0.25) is 0 Å². The molecule has 1 aliphatic carbocycles. The number of carbonyl (C=O) groups excluding carboxylic acids is 2. The van der Waals surface area contributed by atoms with Gasteiger partial charge in [0, 0.05) is 21.5 Å². The number of anilines is 2. The van der Waals surface area contributed by atoms with Crippen LogP contribution in [0.3, 0.4) is 0 Å². The Bertz CT molecular complexity index is 1080. The number of fused-ring (bicyclic) bond motifs is 1. The predicted octanol–water partition coefficient (Wildman–Crippen LogP) is 4.39. The Balaban J connectivity index is 1.41. The first-order chi connectivity index (χ1) is 15.6. The number of hydrogen-bond acceptors (Lipinski definition) is 3. The van der Waals surface area contributed by atoms with E-state index in [2.05, 4.69) is 38.7 Å². The first-order valence-electron chi connectivity index (χ1n) is 11.0. The van der Waals surface area contributed by atoms with Gasteiger partial charge in [-0.2, -0.15) is 0 Å². The standard InChI is InChI=1S/C25H26BrN3O2S/c26-18-10-12-19(13-11-18)28-24(31)23-20-8-4-5-9-21(20)32-25(23)29-22(30)16-27-15-14-17-6-2-1-3-7-17/h1-3,6-7,10-13,27H,4-5,8-9,14-16H2,(H,28,31)(H,29,30)/p+1. The van der Waals surface area contributed by atoms with Crippen molar-refractivity contribution >= 4 is 49.8 Å². The molecule has 1 heterocycles. The number of nitrogens with two attached hydrogens (primary N) is 1. The van der Waals surface area contributed by atoms with E-state index >= 15 is 0 Å². The van der Waals surface area contributed by atoms with Crippen LogP contribution < -0.4 is 16.0 Å². The summed E-state index contributed by atoms with van der Waals surface area (Å²) in [5.74, 6) is -0.232. The third kappa shape index (κ3) is 5.85. The van der Waals surface area contributed by atoms with E-state index in [0.717, 1.165) is 54.4 Å². The summed E-state index contributed by atoms with van der Waals surface area (Å²) in [4.78, 5) is 27.0. The normalized spacial score (nSPS) is 12.8. The number of nitrogens with one attached hydrogen (secondary N) is 2. The van der Waals surface area contributed by atoms with Gasteiger partial charge in [-0.15, -0.1) is 11.3 Å². The fourth-order valence-electron chi connectivity index (χ4n) is 3.95. The Labute approximate surface area is 200 Å². The predicted molar refractivity (Wildman–Crippen MR) is 133 cm³/mol. The maximum absolute atomic E-state index is 13.2. The molecule has 0 saturated heterocycles. The second-order valence-electron chi connectivity index (χ2n) is 7.94. The summed E-state index contributed by atoms with van der Waals surface area (Å²) >= 11 is 4.97. The van der Waals surface area contributed by atoms with Crippen LogP contribution >= 0.6 is 27.3 Å². The molecule has 0 spiro atoms. The molecular formula is C25H27BrN3O2S+. The molecule has 166 valence electrons. The average Bonchev–Trinajstić information content (AvgIpc) is 3.17. The summed E-state index contributed by atoms with van der Waals surface area (Å²) in [5, 5.41) is 8.70. The molecule has 2 aromatic carbocycles. The molecule has 0 fully saturated rings. The van der Waals surface area contributed by atoms with Gasteiger partial charge >= 0.3 is 0 Å². The molecule has 3 aromatic rings. The number of rotatable bonds is 8. The topological polar surface area (TPSA) is 74.8 Å². The summed E-state index contributed by atoms with van der Waals surface area (Å²) in [7, 11) is 0. The Morgan fingerprint density at radius 1 is 0.969 bits per heavy atom. The van der Waals surface area contributed by atoms with Gasteiger partial charge in [0.05, 0.1) is 12.1 Å². The molecule has 32 heavy (non-hydrogen) atoms. The molecule has 4 rings (SSSR count). The molecule has 0 unspecified atom stereocenters. The lowest BCUT2D eigenvalue weighted by atomic mass is 9.95. The van der Waals surface area contributed by atoms with Crippen LogP contribution in [0, 0.1) is 0 Å². The third-order valence-electron chi connectivity index (χ3n) is 5.56. The summed E-state index contributed by atoms with van der Waals surface area (Å²) in [5.41, 5.74) is 3.73. The molecule has 0 aliphatic heterocycles.